The lowest BCUT2D eigenvalue weighted by Crippen LogP contribution is -2.21. The number of amides is 1. The molecule has 1 heterocycles. The maximum absolute atomic E-state index is 11.9. The van der Waals surface area contributed by atoms with E-state index in [4.69, 9.17) is 23.2 Å². The molecule has 0 saturated carbocycles. The molecule has 0 aliphatic rings. The highest BCUT2D eigenvalue weighted by molar-refractivity contribution is 9.10. The third-order valence-corrected chi connectivity index (χ3v) is 4.12. The third-order valence-electron chi connectivity index (χ3n) is 2.35. The minimum Gasteiger partial charge on any atom is -0.367 e. The number of pyridine rings is 1. The molecule has 4 nitrogen and oxygen atoms in total. The monoisotopic (exact) mass is 360 g/mol. The van der Waals surface area contributed by atoms with Crippen molar-refractivity contribution in [3.05, 3.63) is 60.9 Å². The summed E-state index contributed by atoms with van der Waals surface area (Å²) in [5.74, 6) is -0.554. The second kappa shape index (κ2) is 5.77. The van der Waals surface area contributed by atoms with Gasteiger partial charge in [0.2, 0.25) is 0 Å². The van der Waals surface area contributed by atoms with E-state index in [2.05, 4.69) is 26.2 Å². The molecular weight excluding hydrogens is 355 g/mol. The number of aromatic nitrogens is 1. The summed E-state index contributed by atoms with van der Waals surface area (Å²) in [6, 6.07) is 4.51. The molecule has 0 aliphatic heterocycles. The van der Waals surface area contributed by atoms with Gasteiger partial charge in [-0.2, -0.15) is 0 Å². The van der Waals surface area contributed by atoms with Gasteiger partial charge in [0.05, 0.1) is 15.7 Å². The van der Waals surface area contributed by atoms with Gasteiger partial charge in [0.15, 0.2) is 5.43 Å². The maximum Gasteiger partial charge on any atom is 0.261 e. The number of halogens is 3. The zero-order valence-electron chi connectivity index (χ0n) is 9.34. The molecule has 0 spiro atoms. The van der Waals surface area contributed by atoms with Crippen molar-refractivity contribution in [3.63, 3.8) is 0 Å². The van der Waals surface area contributed by atoms with Crippen LogP contribution in [-0.4, -0.2) is 10.9 Å². The summed E-state index contributed by atoms with van der Waals surface area (Å²) in [5.41, 5.74) is -0.0451. The normalized spacial score (nSPS) is 10.3. The number of aromatic amines is 1. The molecule has 2 rings (SSSR count). The predicted octanol–water partition coefficient (Wildman–Crippen LogP) is 3.70. The Morgan fingerprint density at radius 3 is 2.63 bits per heavy atom. The molecule has 0 aliphatic carbocycles. The molecule has 19 heavy (non-hydrogen) atoms. The molecule has 0 atom stereocenters. The number of nitrogens with one attached hydrogen (secondary N) is 2. The molecule has 2 aromatic rings. The molecule has 7 heteroatoms. The Bertz CT molecular complexity index is 700. The summed E-state index contributed by atoms with van der Waals surface area (Å²) < 4.78 is 0.620. The van der Waals surface area contributed by atoms with Crippen LogP contribution >= 0.6 is 39.1 Å². The van der Waals surface area contributed by atoms with Gasteiger partial charge in [-0.1, -0.05) is 23.2 Å². The third kappa shape index (κ3) is 3.00. The summed E-state index contributed by atoms with van der Waals surface area (Å²) in [5, 5.41) is 3.04. The van der Waals surface area contributed by atoms with Crippen molar-refractivity contribution in [2.45, 2.75) is 0 Å². The Morgan fingerprint density at radius 1 is 1.21 bits per heavy atom. The van der Waals surface area contributed by atoms with E-state index in [0.29, 0.717) is 15.2 Å². The van der Waals surface area contributed by atoms with Crippen LogP contribution in [-0.2, 0) is 0 Å². The minimum atomic E-state index is -0.554. The van der Waals surface area contributed by atoms with E-state index in [-0.39, 0.29) is 16.0 Å². The number of benzene rings is 1. The van der Waals surface area contributed by atoms with Gasteiger partial charge in [-0.25, -0.2) is 0 Å². The quantitative estimate of drug-likeness (QED) is 0.801. The minimum absolute atomic E-state index is 0.00221. The molecule has 0 unspecified atom stereocenters. The highest BCUT2D eigenvalue weighted by Crippen LogP contribution is 2.35. The Kier molecular flexibility index (Phi) is 4.29. The van der Waals surface area contributed by atoms with E-state index < -0.39 is 5.91 Å². The van der Waals surface area contributed by atoms with Gasteiger partial charge in [-0.3, -0.25) is 9.59 Å². The molecule has 98 valence electrons. The molecule has 1 aromatic heterocycles. The Hall–Kier alpha value is -1.30. The summed E-state index contributed by atoms with van der Waals surface area (Å²) in [7, 11) is 0. The maximum atomic E-state index is 11.9. The number of carbonyl (C=O) groups excluding carboxylic acids is 1. The SMILES string of the molecule is O=C(Nc1ccc(Br)c(Cl)c1Cl)c1c[nH]ccc1=O. The van der Waals surface area contributed by atoms with E-state index in [0.717, 1.165) is 0 Å². The zero-order chi connectivity index (χ0) is 14.0. The average molecular weight is 362 g/mol. The van der Waals surface area contributed by atoms with Gasteiger partial charge in [0, 0.05) is 22.9 Å². The molecule has 1 aromatic carbocycles. The molecule has 1 amide bonds. The van der Waals surface area contributed by atoms with E-state index in [1.165, 1.54) is 18.5 Å². The first-order valence-electron chi connectivity index (χ1n) is 5.12. The van der Waals surface area contributed by atoms with Gasteiger partial charge < -0.3 is 10.3 Å². The van der Waals surface area contributed by atoms with Crippen LogP contribution < -0.4 is 10.7 Å². The summed E-state index contributed by atoms with van der Waals surface area (Å²) >= 11 is 15.2. The van der Waals surface area contributed by atoms with Gasteiger partial charge in [0.25, 0.3) is 5.91 Å². The van der Waals surface area contributed by atoms with Crippen LogP contribution in [0.3, 0.4) is 0 Å². The predicted molar refractivity (Wildman–Crippen MR) is 79.2 cm³/mol. The van der Waals surface area contributed by atoms with E-state index >= 15 is 0 Å². The van der Waals surface area contributed by atoms with Crippen molar-refractivity contribution in [2.75, 3.05) is 5.32 Å². The topological polar surface area (TPSA) is 62.0 Å². The van der Waals surface area contributed by atoms with Gasteiger partial charge >= 0.3 is 0 Å². The van der Waals surface area contributed by atoms with Crippen LogP contribution in [0.15, 0.2) is 39.9 Å². The molecule has 2 N–H and O–H groups in total. The number of anilines is 1. The first-order valence-corrected chi connectivity index (χ1v) is 6.67. The van der Waals surface area contributed by atoms with Crippen molar-refractivity contribution >= 4 is 50.7 Å². The van der Waals surface area contributed by atoms with Gasteiger partial charge in [0.1, 0.15) is 5.56 Å². The lowest BCUT2D eigenvalue weighted by Gasteiger charge is -2.08. The number of hydrogen-bond acceptors (Lipinski definition) is 2. The lowest BCUT2D eigenvalue weighted by molar-refractivity contribution is 0.102. The van der Waals surface area contributed by atoms with Crippen molar-refractivity contribution in [1.29, 1.82) is 0 Å². The standard InChI is InChI=1S/C12H7BrCl2N2O2/c13-7-1-2-8(11(15)10(7)14)17-12(19)6-5-16-4-3-9(6)18/h1-5H,(H,16,18)(H,17,19). The smallest absolute Gasteiger partial charge is 0.261 e. The van der Waals surface area contributed by atoms with E-state index in [1.807, 2.05) is 0 Å². The van der Waals surface area contributed by atoms with Crippen LogP contribution in [0, 0.1) is 0 Å². The fourth-order valence-corrected chi connectivity index (χ4v) is 2.23. The number of hydrogen-bond donors (Lipinski definition) is 2. The highest BCUT2D eigenvalue weighted by atomic mass is 79.9. The van der Waals surface area contributed by atoms with Crippen molar-refractivity contribution < 1.29 is 4.79 Å². The van der Waals surface area contributed by atoms with Crippen LogP contribution in [0.5, 0.6) is 0 Å². The van der Waals surface area contributed by atoms with Gasteiger partial charge in [-0.05, 0) is 28.1 Å². The first-order chi connectivity index (χ1) is 9.00. The number of carbonyl (C=O) groups is 1. The Morgan fingerprint density at radius 2 is 1.95 bits per heavy atom. The molecule has 0 saturated heterocycles. The van der Waals surface area contributed by atoms with Crippen LogP contribution in [0.4, 0.5) is 5.69 Å². The Labute approximate surface area is 126 Å². The van der Waals surface area contributed by atoms with E-state index in [9.17, 15) is 9.59 Å². The average Bonchev–Trinajstić information content (AvgIpc) is 2.40. The molecular formula is C12H7BrCl2N2O2. The molecule has 0 radical (unpaired) electrons. The summed E-state index contributed by atoms with van der Waals surface area (Å²) in [4.78, 5) is 26.1. The van der Waals surface area contributed by atoms with Crippen molar-refractivity contribution in [1.82, 2.24) is 4.98 Å². The van der Waals surface area contributed by atoms with Crippen LogP contribution in [0.1, 0.15) is 10.4 Å². The van der Waals surface area contributed by atoms with E-state index in [1.54, 1.807) is 12.1 Å². The molecule has 0 bridgehead atoms. The summed E-state index contributed by atoms with van der Waals surface area (Å²) in [6.45, 7) is 0. The number of H-pyrrole nitrogens is 1. The molecule has 0 fully saturated rings. The van der Waals surface area contributed by atoms with Crippen molar-refractivity contribution in [2.24, 2.45) is 0 Å². The number of rotatable bonds is 2. The lowest BCUT2D eigenvalue weighted by atomic mass is 10.2. The first kappa shape index (κ1) is 14.1. The zero-order valence-corrected chi connectivity index (χ0v) is 12.4. The largest absolute Gasteiger partial charge is 0.367 e. The second-order valence-corrected chi connectivity index (χ2v) is 5.21. The Balaban J connectivity index is 2.33. The fraction of sp³-hybridized carbons (Fsp3) is 0. The van der Waals surface area contributed by atoms with Crippen LogP contribution in [0.2, 0.25) is 10.0 Å². The van der Waals surface area contributed by atoms with Gasteiger partial charge in [-0.15, -0.1) is 0 Å². The second-order valence-electron chi connectivity index (χ2n) is 3.60. The highest BCUT2D eigenvalue weighted by Gasteiger charge is 2.14. The summed E-state index contributed by atoms with van der Waals surface area (Å²) in [6.07, 6.45) is 2.77. The van der Waals surface area contributed by atoms with Crippen molar-refractivity contribution in [3.8, 4) is 0 Å². The fourth-order valence-electron chi connectivity index (χ4n) is 1.41. The van der Waals surface area contributed by atoms with Crippen LogP contribution in [0.25, 0.3) is 0 Å².